The lowest BCUT2D eigenvalue weighted by Crippen LogP contribution is -2.24. The van der Waals surface area contributed by atoms with Gasteiger partial charge in [-0.1, -0.05) is 13.8 Å². The van der Waals surface area contributed by atoms with Crippen molar-refractivity contribution in [2.24, 2.45) is 0 Å². The van der Waals surface area contributed by atoms with Gasteiger partial charge in [-0.05, 0) is 32.4 Å². The van der Waals surface area contributed by atoms with Crippen molar-refractivity contribution in [1.29, 1.82) is 0 Å². The average molecular weight is 292 g/mol. The highest BCUT2D eigenvalue weighted by atomic mass is 32.1. The van der Waals surface area contributed by atoms with Gasteiger partial charge >= 0.3 is 0 Å². The first-order chi connectivity index (χ1) is 9.74. The Balaban J connectivity index is 2.05. The minimum Gasteiger partial charge on any atom is -0.308 e. The molecule has 5 heteroatoms. The van der Waals surface area contributed by atoms with Gasteiger partial charge < -0.3 is 5.32 Å². The first-order valence-electron chi connectivity index (χ1n) is 7.40. The molecule has 2 unspecified atom stereocenters. The van der Waals surface area contributed by atoms with Crippen LogP contribution in [0.25, 0.3) is 0 Å². The van der Waals surface area contributed by atoms with E-state index < -0.39 is 0 Å². The average Bonchev–Trinajstić information content (AvgIpc) is 3.13. The second kappa shape index (κ2) is 7.55. The lowest BCUT2D eigenvalue weighted by molar-refractivity contribution is 0.464. The van der Waals surface area contributed by atoms with Crippen molar-refractivity contribution in [1.82, 2.24) is 20.1 Å². The molecule has 2 heterocycles. The zero-order valence-corrected chi connectivity index (χ0v) is 13.4. The van der Waals surface area contributed by atoms with Gasteiger partial charge in [-0.25, -0.2) is 4.98 Å². The van der Waals surface area contributed by atoms with E-state index in [1.807, 2.05) is 5.51 Å². The first kappa shape index (κ1) is 15.2. The van der Waals surface area contributed by atoms with Crippen LogP contribution in [0.15, 0.2) is 23.2 Å². The summed E-state index contributed by atoms with van der Waals surface area (Å²) in [6, 6.07) is 2.85. The molecule has 0 saturated heterocycles. The summed E-state index contributed by atoms with van der Waals surface area (Å²) in [5, 5.41) is 10.4. The summed E-state index contributed by atoms with van der Waals surface area (Å²) in [6.45, 7) is 7.58. The highest BCUT2D eigenvalue weighted by Gasteiger charge is 2.15. The Bertz CT molecular complexity index is 492. The zero-order valence-electron chi connectivity index (χ0n) is 12.5. The Morgan fingerprint density at radius 2 is 2.25 bits per heavy atom. The summed E-state index contributed by atoms with van der Waals surface area (Å²) in [5.74, 6) is 0. The third kappa shape index (κ3) is 3.90. The molecule has 0 radical (unpaired) electrons. The second-order valence-electron chi connectivity index (χ2n) is 5.17. The van der Waals surface area contributed by atoms with E-state index in [9.17, 15) is 0 Å². The maximum Gasteiger partial charge on any atom is 0.0795 e. The Morgan fingerprint density at radius 1 is 1.40 bits per heavy atom. The van der Waals surface area contributed by atoms with Crippen LogP contribution < -0.4 is 5.32 Å². The normalized spacial score (nSPS) is 14.3. The Kier molecular flexibility index (Phi) is 5.73. The topological polar surface area (TPSA) is 42.7 Å². The predicted octanol–water partition coefficient (Wildman–Crippen LogP) is 3.59. The molecule has 110 valence electrons. The van der Waals surface area contributed by atoms with Crippen molar-refractivity contribution in [2.45, 2.75) is 52.1 Å². The standard InChI is InChI=1S/C15H24N4S/c1-4-7-16-14(15-10-20-11-17-15)9-13-6-8-19(18-13)12(3)5-2/h6,8,10-12,14,16H,4-5,7,9H2,1-3H3. The van der Waals surface area contributed by atoms with Gasteiger partial charge in [-0.3, -0.25) is 4.68 Å². The highest BCUT2D eigenvalue weighted by Crippen LogP contribution is 2.18. The summed E-state index contributed by atoms with van der Waals surface area (Å²) in [6.07, 6.45) is 5.21. The molecule has 0 saturated carbocycles. The molecular formula is C15H24N4S. The molecule has 20 heavy (non-hydrogen) atoms. The Hall–Kier alpha value is -1.20. The van der Waals surface area contributed by atoms with Gasteiger partial charge in [0.15, 0.2) is 0 Å². The summed E-state index contributed by atoms with van der Waals surface area (Å²) in [5.41, 5.74) is 4.15. The van der Waals surface area contributed by atoms with Gasteiger partial charge in [0.1, 0.15) is 0 Å². The quantitative estimate of drug-likeness (QED) is 0.808. The smallest absolute Gasteiger partial charge is 0.0795 e. The molecular weight excluding hydrogens is 268 g/mol. The zero-order chi connectivity index (χ0) is 14.4. The molecule has 0 aliphatic carbocycles. The Morgan fingerprint density at radius 3 is 2.90 bits per heavy atom. The maximum atomic E-state index is 4.69. The van der Waals surface area contributed by atoms with E-state index in [4.69, 9.17) is 5.10 Å². The summed E-state index contributed by atoms with van der Waals surface area (Å²) in [7, 11) is 0. The molecule has 0 aromatic carbocycles. The monoisotopic (exact) mass is 292 g/mol. The highest BCUT2D eigenvalue weighted by molar-refractivity contribution is 7.07. The first-order valence-corrected chi connectivity index (χ1v) is 8.34. The van der Waals surface area contributed by atoms with Gasteiger partial charge in [0.25, 0.3) is 0 Å². The third-order valence-corrected chi connectivity index (χ3v) is 4.17. The number of aromatic nitrogens is 3. The molecule has 0 amide bonds. The second-order valence-corrected chi connectivity index (χ2v) is 5.89. The SMILES string of the molecule is CCCNC(Cc1ccn(C(C)CC)n1)c1cscn1. The van der Waals surface area contributed by atoms with Gasteiger partial charge in [-0.15, -0.1) is 11.3 Å². The van der Waals surface area contributed by atoms with Crippen LogP contribution >= 0.6 is 11.3 Å². The van der Waals surface area contributed by atoms with Crippen molar-refractivity contribution in [3.63, 3.8) is 0 Å². The van der Waals surface area contributed by atoms with Crippen LogP contribution in [0.5, 0.6) is 0 Å². The van der Waals surface area contributed by atoms with E-state index >= 15 is 0 Å². The third-order valence-electron chi connectivity index (χ3n) is 3.57. The van der Waals surface area contributed by atoms with Crippen LogP contribution in [0.2, 0.25) is 0 Å². The fraction of sp³-hybridized carbons (Fsp3) is 0.600. The van der Waals surface area contributed by atoms with E-state index in [0.29, 0.717) is 6.04 Å². The molecule has 2 atom stereocenters. The van der Waals surface area contributed by atoms with Crippen LogP contribution in [-0.4, -0.2) is 21.3 Å². The molecule has 4 nitrogen and oxygen atoms in total. The maximum absolute atomic E-state index is 4.69. The van der Waals surface area contributed by atoms with Crippen molar-refractivity contribution < 1.29 is 0 Å². The van der Waals surface area contributed by atoms with Crippen molar-refractivity contribution >= 4 is 11.3 Å². The van der Waals surface area contributed by atoms with E-state index in [1.165, 1.54) is 0 Å². The number of nitrogens with one attached hydrogen (secondary N) is 1. The predicted molar refractivity (Wildman–Crippen MR) is 84.1 cm³/mol. The summed E-state index contributed by atoms with van der Waals surface area (Å²) in [4.78, 5) is 4.45. The largest absolute Gasteiger partial charge is 0.308 e. The Labute approximate surface area is 125 Å². The van der Waals surface area contributed by atoms with Crippen molar-refractivity contribution in [2.75, 3.05) is 6.54 Å². The van der Waals surface area contributed by atoms with Gasteiger partial charge in [0, 0.05) is 24.0 Å². The molecule has 0 spiro atoms. The van der Waals surface area contributed by atoms with Gasteiger partial charge in [-0.2, -0.15) is 5.10 Å². The number of thiazole rings is 1. The lowest BCUT2D eigenvalue weighted by atomic mass is 10.1. The molecule has 2 aromatic rings. The minimum atomic E-state index is 0.265. The summed E-state index contributed by atoms with van der Waals surface area (Å²) < 4.78 is 2.06. The van der Waals surface area contributed by atoms with Crippen LogP contribution in [-0.2, 0) is 6.42 Å². The molecule has 2 aromatic heterocycles. The fourth-order valence-electron chi connectivity index (χ4n) is 2.12. The van der Waals surface area contributed by atoms with E-state index in [-0.39, 0.29) is 6.04 Å². The van der Waals surface area contributed by atoms with Crippen LogP contribution in [0.4, 0.5) is 0 Å². The van der Waals surface area contributed by atoms with Crippen LogP contribution in [0.1, 0.15) is 57.1 Å². The number of hydrogen-bond donors (Lipinski definition) is 1. The number of rotatable bonds is 8. The summed E-state index contributed by atoms with van der Waals surface area (Å²) >= 11 is 1.65. The number of nitrogens with zero attached hydrogens (tertiary/aromatic N) is 3. The van der Waals surface area contributed by atoms with Crippen molar-refractivity contribution in [3.8, 4) is 0 Å². The van der Waals surface area contributed by atoms with Gasteiger partial charge in [0.2, 0.25) is 0 Å². The van der Waals surface area contributed by atoms with Crippen molar-refractivity contribution in [3.05, 3.63) is 34.5 Å². The fourth-order valence-corrected chi connectivity index (χ4v) is 2.73. The van der Waals surface area contributed by atoms with E-state index in [2.05, 4.69) is 53.4 Å². The van der Waals surface area contributed by atoms with E-state index in [0.717, 1.165) is 37.2 Å². The molecule has 2 rings (SSSR count). The number of hydrogen-bond acceptors (Lipinski definition) is 4. The molecule has 0 fully saturated rings. The molecule has 0 aliphatic heterocycles. The van der Waals surface area contributed by atoms with Crippen LogP contribution in [0, 0.1) is 0 Å². The molecule has 1 N–H and O–H groups in total. The minimum absolute atomic E-state index is 0.265. The van der Waals surface area contributed by atoms with Crippen LogP contribution in [0.3, 0.4) is 0 Å². The van der Waals surface area contributed by atoms with E-state index in [1.54, 1.807) is 11.3 Å². The molecule has 0 aliphatic rings. The molecule has 0 bridgehead atoms. The van der Waals surface area contributed by atoms with Gasteiger partial charge in [0.05, 0.1) is 22.9 Å². The lowest BCUT2D eigenvalue weighted by Gasteiger charge is -2.15.